The van der Waals surface area contributed by atoms with Crippen molar-refractivity contribution in [2.24, 2.45) is 0 Å². The minimum atomic E-state index is -4.36. The van der Waals surface area contributed by atoms with E-state index < -0.39 is 20.0 Å². The number of rotatable bonds is 55. The quantitative estimate of drug-likeness (QED) is 0.0243. The first-order valence-corrected chi connectivity index (χ1v) is 31.4. The van der Waals surface area contributed by atoms with Crippen LogP contribution in [0.25, 0.3) is 0 Å². The van der Waals surface area contributed by atoms with Gasteiger partial charge in [0.05, 0.1) is 39.9 Å². The average molecular weight is 995 g/mol. The van der Waals surface area contributed by atoms with Crippen molar-refractivity contribution < 1.29 is 32.9 Å². The van der Waals surface area contributed by atoms with Crippen LogP contribution in [0.5, 0.6) is 0 Å². The molecular weight excluding hydrogens is 876 g/mol. The van der Waals surface area contributed by atoms with Crippen LogP contribution < -0.4 is 5.32 Å². The van der Waals surface area contributed by atoms with E-state index in [1.807, 2.05) is 27.2 Å². The molecule has 0 aliphatic rings. The second kappa shape index (κ2) is 51.6. The first-order valence-electron chi connectivity index (χ1n) is 29.9. The van der Waals surface area contributed by atoms with Gasteiger partial charge >= 0.3 is 7.82 Å². The summed E-state index contributed by atoms with van der Waals surface area (Å²) in [4.78, 5) is 23.3. The standard InChI is InChI=1S/C60H117N2O6P/c1-6-8-10-12-14-16-18-20-22-24-25-26-27-28-29-30-31-32-33-34-35-36-37-38-39-41-43-45-47-49-51-53-59(63)58(57-68-69(65,66)67-56-55-62(3,4)5)61-60(64)54-52-50-48-46-44-42-40-23-21-19-17-15-13-11-9-7-2/h37-38,43,45,51,53,58-59,63H,6-36,39-42,44,46-50,52,54-57H2,1-5H3,(H-,61,64,65,66)/p+1/b38-37+,45-43+,53-51+. The number of hydrogen-bond donors (Lipinski definition) is 3. The predicted molar refractivity (Wildman–Crippen MR) is 300 cm³/mol. The third-order valence-electron chi connectivity index (χ3n) is 13.6. The first-order chi connectivity index (χ1) is 33.5. The molecule has 0 fully saturated rings. The predicted octanol–water partition coefficient (Wildman–Crippen LogP) is 18.2. The summed E-state index contributed by atoms with van der Waals surface area (Å²) in [5, 5.41) is 13.9. The monoisotopic (exact) mass is 994 g/mol. The molecule has 0 aromatic carbocycles. The molecule has 408 valence electrons. The lowest BCUT2D eigenvalue weighted by molar-refractivity contribution is -0.870. The fourth-order valence-corrected chi connectivity index (χ4v) is 9.64. The molecule has 9 heteroatoms. The Labute approximate surface area is 429 Å². The summed E-state index contributed by atoms with van der Waals surface area (Å²) in [5.74, 6) is -0.187. The number of amides is 1. The fraction of sp³-hybridized carbons (Fsp3) is 0.883. The number of allylic oxidation sites excluding steroid dienone is 5. The van der Waals surface area contributed by atoms with Crippen molar-refractivity contribution in [2.75, 3.05) is 40.9 Å². The van der Waals surface area contributed by atoms with Crippen molar-refractivity contribution in [2.45, 2.75) is 302 Å². The number of quaternary nitrogens is 1. The lowest BCUT2D eigenvalue weighted by atomic mass is 10.0. The van der Waals surface area contributed by atoms with E-state index in [1.165, 1.54) is 225 Å². The number of aliphatic hydroxyl groups is 1. The van der Waals surface area contributed by atoms with Gasteiger partial charge in [0.25, 0.3) is 0 Å². The highest BCUT2D eigenvalue weighted by Gasteiger charge is 2.27. The van der Waals surface area contributed by atoms with Crippen LogP contribution in [-0.2, 0) is 18.4 Å². The van der Waals surface area contributed by atoms with Gasteiger partial charge in [0, 0.05) is 6.42 Å². The topological polar surface area (TPSA) is 105 Å². The number of nitrogens with zero attached hydrogens (tertiary/aromatic N) is 1. The Hall–Kier alpha value is -1.28. The van der Waals surface area contributed by atoms with Crippen molar-refractivity contribution in [1.82, 2.24) is 5.32 Å². The zero-order valence-corrected chi connectivity index (χ0v) is 47.5. The Bertz CT molecular complexity index is 1220. The Morgan fingerprint density at radius 2 is 0.797 bits per heavy atom. The van der Waals surface area contributed by atoms with Gasteiger partial charge in [0.2, 0.25) is 5.91 Å². The van der Waals surface area contributed by atoms with E-state index in [9.17, 15) is 19.4 Å². The van der Waals surface area contributed by atoms with Crippen molar-refractivity contribution in [3.8, 4) is 0 Å². The Kier molecular flexibility index (Phi) is 50.7. The van der Waals surface area contributed by atoms with Gasteiger partial charge in [-0.3, -0.25) is 13.8 Å². The summed E-state index contributed by atoms with van der Waals surface area (Å²) in [5.41, 5.74) is 0. The van der Waals surface area contributed by atoms with E-state index >= 15 is 0 Å². The minimum absolute atomic E-state index is 0.0551. The van der Waals surface area contributed by atoms with Gasteiger partial charge in [-0.1, -0.05) is 275 Å². The van der Waals surface area contributed by atoms with Gasteiger partial charge in [-0.15, -0.1) is 0 Å². The van der Waals surface area contributed by atoms with Gasteiger partial charge in [0.1, 0.15) is 13.2 Å². The Morgan fingerprint density at radius 1 is 0.478 bits per heavy atom. The third-order valence-corrected chi connectivity index (χ3v) is 14.6. The second-order valence-corrected chi connectivity index (χ2v) is 23.2. The van der Waals surface area contributed by atoms with Crippen molar-refractivity contribution in [1.29, 1.82) is 0 Å². The number of carbonyl (C=O) groups excluding carboxylic acids is 1. The zero-order valence-electron chi connectivity index (χ0n) is 46.6. The molecule has 3 atom stereocenters. The van der Waals surface area contributed by atoms with Gasteiger partial charge < -0.3 is 19.8 Å². The van der Waals surface area contributed by atoms with E-state index in [4.69, 9.17) is 9.05 Å². The highest BCUT2D eigenvalue weighted by Crippen LogP contribution is 2.43. The highest BCUT2D eigenvalue weighted by atomic mass is 31.2. The van der Waals surface area contributed by atoms with Gasteiger partial charge in [-0.25, -0.2) is 4.57 Å². The van der Waals surface area contributed by atoms with Crippen LogP contribution in [0.4, 0.5) is 0 Å². The minimum Gasteiger partial charge on any atom is -0.387 e. The molecule has 0 bridgehead atoms. The zero-order chi connectivity index (χ0) is 50.6. The van der Waals surface area contributed by atoms with Crippen LogP contribution in [0.1, 0.15) is 290 Å². The molecule has 0 aliphatic carbocycles. The number of hydrogen-bond acceptors (Lipinski definition) is 5. The molecule has 0 saturated heterocycles. The summed E-state index contributed by atoms with van der Waals surface area (Å²) in [7, 11) is 1.56. The van der Waals surface area contributed by atoms with Crippen molar-refractivity contribution in [3.05, 3.63) is 36.5 Å². The maximum Gasteiger partial charge on any atom is 0.472 e. The van der Waals surface area contributed by atoms with Crippen LogP contribution in [0.15, 0.2) is 36.5 Å². The normalized spacial score (nSPS) is 14.1. The molecule has 8 nitrogen and oxygen atoms in total. The molecule has 3 N–H and O–H groups in total. The Balaban J connectivity index is 4.18. The summed E-state index contributed by atoms with van der Waals surface area (Å²) in [6.45, 7) is 4.82. The number of unbranched alkanes of at least 4 members (excludes halogenated alkanes) is 38. The summed E-state index contributed by atoms with van der Waals surface area (Å²) in [6, 6.07) is -0.867. The molecule has 69 heavy (non-hydrogen) atoms. The van der Waals surface area contributed by atoms with E-state index in [1.54, 1.807) is 6.08 Å². The van der Waals surface area contributed by atoms with E-state index in [-0.39, 0.29) is 19.1 Å². The van der Waals surface area contributed by atoms with E-state index in [2.05, 4.69) is 43.5 Å². The molecule has 0 aromatic rings. The largest absolute Gasteiger partial charge is 0.472 e. The lowest BCUT2D eigenvalue weighted by Crippen LogP contribution is -2.45. The van der Waals surface area contributed by atoms with Crippen LogP contribution in [0.3, 0.4) is 0 Å². The summed E-state index contributed by atoms with van der Waals surface area (Å²) < 4.78 is 23.7. The second-order valence-electron chi connectivity index (χ2n) is 21.7. The molecule has 0 saturated carbocycles. The smallest absolute Gasteiger partial charge is 0.387 e. The molecule has 3 unspecified atom stereocenters. The summed E-state index contributed by atoms with van der Waals surface area (Å²) >= 11 is 0. The highest BCUT2D eigenvalue weighted by molar-refractivity contribution is 7.47. The molecular formula is C60H118N2O6P+. The first kappa shape index (κ1) is 67.7. The Morgan fingerprint density at radius 3 is 1.16 bits per heavy atom. The number of nitrogens with one attached hydrogen (secondary N) is 1. The van der Waals surface area contributed by atoms with Crippen LogP contribution >= 0.6 is 7.82 Å². The third kappa shape index (κ3) is 54.3. The van der Waals surface area contributed by atoms with E-state index in [0.717, 1.165) is 44.9 Å². The fourth-order valence-electron chi connectivity index (χ4n) is 8.90. The molecule has 1 amide bonds. The van der Waals surface area contributed by atoms with Crippen LogP contribution in [0.2, 0.25) is 0 Å². The molecule has 0 spiro atoms. The SMILES string of the molecule is CCCCCCCCCCCCCCCCCCCCCCC/C=C/CC/C=C/CC/C=C/C(O)C(COP(=O)(O)OCC[N+](C)(C)C)NC(=O)CCCCCCCCCCCCCCCCCC. The van der Waals surface area contributed by atoms with Crippen LogP contribution in [0, 0.1) is 0 Å². The van der Waals surface area contributed by atoms with Gasteiger partial charge in [-0.05, 0) is 44.9 Å². The number of likely N-dealkylation sites (N-methyl/N-ethyl adjacent to an activating group) is 1. The molecule has 0 aliphatic heterocycles. The number of phosphoric acid groups is 1. The van der Waals surface area contributed by atoms with E-state index in [0.29, 0.717) is 17.4 Å². The molecule has 0 radical (unpaired) electrons. The van der Waals surface area contributed by atoms with Gasteiger partial charge in [0.15, 0.2) is 0 Å². The van der Waals surface area contributed by atoms with Crippen molar-refractivity contribution >= 4 is 13.7 Å². The number of aliphatic hydroxyl groups excluding tert-OH is 1. The average Bonchev–Trinajstić information content (AvgIpc) is 3.31. The molecule has 0 aromatic heterocycles. The molecule has 0 heterocycles. The lowest BCUT2D eigenvalue weighted by Gasteiger charge is -2.25. The maximum atomic E-state index is 12.9. The van der Waals surface area contributed by atoms with Gasteiger partial charge in [-0.2, -0.15) is 0 Å². The maximum absolute atomic E-state index is 12.9. The van der Waals surface area contributed by atoms with Crippen LogP contribution in [-0.4, -0.2) is 73.4 Å². The number of phosphoric ester groups is 1. The molecule has 0 rings (SSSR count). The summed E-state index contributed by atoms with van der Waals surface area (Å²) in [6.07, 6.45) is 67.0. The van der Waals surface area contributed by atoms with Crippen molar-refractivity contribution in [3.63, 3.8) is 0 Å². The number of carbonyl (C=O) groups is 1.